The molecular formula is C27H34ClN3O7S. The number of anilines is 1. The normalized spacial score (nSPS) is 13.7. The lowest BCUT2D eigenvalue weighted by Crippen LogP contribution is -2.42. The molecule has 1 saturated heterocycles. The molecule has 39 heavy (non-hydrogen) atoms. The number of aromatic nitrogens is 1. The predicted octanol–water partition coefficient (Wildman–Crippen LogP) is 4.14. The standard InChI is InChI=1S/C27H33N3O7S.ClH/c1-32-19-7-8-20(33-2)26-24(19)28-27(38-26)30(11-10-29-12-14-37-15-13-29)23(31)9-6-18-16-21(34-3)25(36-5)22(17-18)35-4;/h6-9,16-17H,10-15H2,1-5H3;1H/b9-6+;. The van der Waals surface area contributed by atoms with Crippen LogP contribution in [0.15, 0.2) is 30.3 Å². The lowest BCUT2D eigenvalue weighted by molar-refractivity contribution is -0.114. The zero-order chi connectivity index (χ0) is 27.1. The van der Waals surface area contributed by atoms with Crippen LogP contribution < -0.4 is 28.6 Å². The number of morpholine rings is 1. The van der Waals surface area contributed by atoms with Gasteiger partial charge in [-0.2, -0.15) is 0 Å². The van der Waals surface area contributed by atoms with Gasteiger partial charge in [-0.15, -0.1) is 12.4 Å². The van der Waals surface area contributed by atoms with E-state index >= 15 is 0 Å². The molecule has 1 fully saturated rings. The van der Waals surface area contributed by atoms with Crippen LogP contribution in [0.3, 0.4) is 0 Å². The molecule has 3 aromatic rings. The van der Waals surface area contributed by atoms with E-state index in [1.807, 2.05) is 12.1 Å². The zero-order valence-electron chi connectivity index (χ0n) is 22.7. The number of carbonyl (C=O) groups is 1. The zero-order valence-corrected chi connectivity index (χ0v) is 24.4. The average Bonchev–Trinajstić information content (AvgIpc) is 3.40. The highest BCUT2D eigenvalue weighted by molar-refractivity contribution is 7.22. The molecule has 1 aliphatic heterocycles. The fraction of sp³-hybridized carbons (Fsp3) is 0.407. The van der Waals surface area contributed by atoms with Crippen molar-refractivity contribution in [2.24, 2.45) is 0 Å². The van der Waals surface area contributed by atoms with Crippen molar-refractivity contribution in [1.29, 1.82) is 0 Å². The van der Waals surface area contributed by atoms with Crippen molar-refractivity contribution in [2.45, 2.75) is 0 Å². The lowest BCUT2D eigenvalue weighted by atomic mass is 10.1. The van der Waals surface area contributed by atoms with E-state index in [4.69, 9.17) is 33.4 Å². The van der Waals surface area contributed by atoms with E-state index in [9.17, 15) is 4.79 Å². The molecule has 1 amide bonds. The number of benzene rings is 2. The molecule has 0 atom stereocenters. The maximum Gasteiger partial charge on any atom is 0.252 e. The van der Waals surface area contributed by atoms with Crippen LogP contribution in [0.5, 0.6) is 28.7 Å². The molecule has 1 aromatic heterocycles. The van der Waals surface area contributed by atoms with Crippen molar-refractivity contribution in [3.63, 3.8) is 0 Å². The maximum atomic E-state index is 13.6. The summed E-state index contributed by atoms with van der Waals surface area (Å²) in [7, 11) is 7.87. The van der Waals surface area contributed by atoms with Gasteiger partial charge in [0.2, 0.25) is 5.75 Å². The van der Waals surface area contributed by atoms with Gasteiger partial charge in [0.05, 0.1) is 48.8 Å². The first-order chi connectivity index (χ1) is 18.5. The molecule has 0 radical (unpaired) electrons. The second-order valence-electron chi connectivity index (χ2n) is 8.38. The van der Waals surface area contributed by atoms with Crippen LogP contribution >= 0.6 is 23.7 Å². The Labute approximate surface area is 238 Å². The SMILES string of the molecule is COc1cc(/C=C/C(=O)N(CCN2CCOCC2)c2nc3c(OC)ccc(OC)c3s2)cc(OC)c1OC.Cl. The summed E-state index contributed by atoms with van der Waals surface area (Å²) in [5, 5.41) is 0.565. The first-order valence-electron chi connectivity index (χ1n) is 12.1. The lowest BCUT2D eigenvalue weighted by Gasteiger charge is -2.28. The van der Waals surface area contributed by atoms with Gasteiger partial charge in [-0.05, 0) is 35.9 Å². The molecule has 2 heterocycles. The minimum atomic E-state index is -0.205. The number of rotatable bonds is 11. The largest absolute Gasteiger partial charge is 0.495 e. The molecule has 12 heteroatoms. The highest BCUT2D eigenvalue weighted by Crippen LogP contribution is 2.41. The van der Waals surface area contributed by atoms with Crippen LogP contribution in [0.1, 0.15) is 5.56 Å². The molecule has 0 saturated carbocycles. The predicted molar refractivity (Wildman–Crippen MR) is 155 cm³/mol. The number of ether oxygens (including phenoxy) is 6. The van der Waals surface area contributed by atoms with Gasteiger partial charge in [0.25, 0.3) is 5.91 Å². The summed E-state index contributed by atoms with van der Waals surface area (Å²) in [6.07, 6.45) is 3.25. The molecule has 10 nitrogen and oxygen atoms in total. The second-order valence-corrected chi connectivity index (χ2v) is 9.36. The highest BCUT2D eigenvalue weighted by atomic mass is 35.5. The number of nitrogens with zero attached hydrogens (tertiary/aromatic N) is 3. The van der Waals surface area contributed by atoms with Crippen molar-refractivity contribution in [3.8, 4) is 28.7 Å². The van der Waals surface area contributed by atoms with Crippen LogP contribution in [0.4, 0.5) is 5.13 Å². The van der Waals surface area contributed by atoms with Crippen LogP contribution in [-0.4, -0.2) is 90.7 Å². The third-order valence-electron chi connectivity index (χ3n) is 6.24. The topological polar surface area (TPSA) is 91.8 Å². The Hall–Kier alpha value is -3.25. The Morgan fingerprint density at radius 1 is 0.974 bits per heavy atom. The molecule has 0 unspecified atom stereocenters. The van der Waals surface area contributed by atoms with Gasteiger partial charge in [0.1, 0.15) is 21.7 Å². The van der Waals surface area contributed by atoms with Crippen LogP contribution in [0.2, 0.25) is 0 Å². The number of fused-ring (bicyclic) bond motifs is 1. The van der Waals surface area contributed by atoms with E-state index in [1.165, 1.54) is 17.4 Å². The summed E-state index contributed by atoms with van der Waals surface area (Å²) in [6.45, 7) is 4.17. The summed E-state index contributed by atoms with van der Waals surface area (Å²) in [6, 6.07) is 7.23. The van der Waals surface area contributed by atoms with E-state index < -0.39 is 0 Å². The van der Waals surface area contributed by atoms with Gasteiger partial charge in [-0.25, -0.2) is 4.98 Å². The van der Waals surface area contributed by atoms with Crippen molar-refractivity contribution >= 4 is 51.1 Å². The fourth-order valence-electron chi connectivity index (χ4n) is 4.21. The van der Waals surface area contributed by atoms with Gasteiger partial charge >= 0.3 is 0 Å². The number of carbonyl (C=O) groups excluding carboxylic acids is 1. The number of amides is 1. The summed E-state index contributed by atoms with van der Waals surface area (Å²) in [5.74, 6) is 2.60. The minimum Gasteiger partial charge on any atom is -0.495 e. The first kappa shape index (κ1) is 30.3. The number of hydrogen-bond donors (Lipinski definition) is 0. The molecule has 1 aliphatic rings. The third-order valence-corrected chi connectivity index (χ3v) is 7.34. The van der Waals surface area contributed by atoms with Crippen molar-refractivity contribution in [1.82, 2.24) is 9.88 Å². The van der Waals surface area contributed by atoms with Crippen LogP contribution in [-0.2, 0) is 9.53 Å². The van der Waals surface area contributed by atoms with Gasteiger partial charge < -0.3 is 28.4 Å². The Balaban J connectivity index is 0.00000420. The minimum absolute atomic E-state index is 0. The van der Waals surface area contributed by atoms with Crippen LogP contribution in [0, 0.1) is 0 Å². The number of thiazole rings is 1. The molecular weight excluding hydrogens is 546 g/mol. The summed E-state index contributed by atoms with van der Waals surface area (Å²) in [4.78, 5) is 22.4. The molecule has 0 bridgehead atoms. The Morgan fingerprint density at radius 3 is 2.18 bits per heavy atom. The van der Waals surface area contributed by atoms with Crippen LogP contribution in [0.25, 0.3) is 16.3 Å². The smallest absolute Gasteiger partial charge is 0.252 e. The number of hydrogen-bond acceptors (Lipinski definition) is 10. The second kappa shape index (κ2) is 14.2. The fourth-order valence-corrected chi connectivity index (χ4v) is 5.32. The molecule has 0 aliphatic carbocycles. The van der Waals surface area contributed by atoms with Crippen molar-refractivity contribution in [3.05, 3.63) is 35.9 Å². The average molecular weight is 580 g/mol. The summed E-state index contributed by atoms with van der Waals surface area (Å²) < 4.78 is 33.6. The van der Waals surface area contributed by atoms with Gasteiger partial charge in [0, 0.05) is 32.3 Å². The quantitative estimate of drug-likeness (QED) is 0.311. The molecule has 0 N–H and O–H groups in total. The Kier molecular flexibility index (Phi) is 11.0. The monoisotopic (exact) mass is 579 g/mol. The van der Waals surface area contributed by atoms with E-state index in [0.29, 0.717) is 65.7 Å². The van der Waals surface area contributed by atoms with E-state index in [0.717, 1.165) is 23.4 Å². The first-order valence-corrected chi connectivity index (χ1v) is 13.0. The van der Waals surface area contributed by atoms with E-state index in [2.05, 4.69) is 4.90 Å². The van der Waals surface area contributed by atoms with Crippen molar-refractivity contribution < 1.29 is 33.2 Å². The Morgan fingerprint density at radius 2 is 1.59 bits per heavy atom. The summed E-state index contributed by atoms with van der Waals surface area (Å²) >= 11 is 1.40. The highest BCUT2D eigenvalue weighted by Gasteiger charge is 2.23. The molecule has 0 spiro atoms. The van der Waals surface area contributed by atoms with Gasteiger partial charge in [-0.1, -0.05) is 11.3 Å². The number of halogens is 1. The van der Waals surface area contributed by atoms with E-state index in [-0.39, 0.29) is 18.3 Å². The molecule has 212 valence electrons. The maximum absolute atomic E-state index is 13.6. The molecule has 4 rings (SSSR count). The van der Waals surface area contributed by atoms with Gasteiger partial charge in [-0.3, -0.25) is 14.6 Å². The summed E-state index contributed by atoms with van der Waals surface area (Å²) in [5.41, 5.74) is 1.39. The van der Waals surface area contributed by atoms with E-state index in [1.54, 1.807) is 58.7 Å². The van der Waals surface area contributed by atoms with Gasteiger partial charge in [0.15, 0.2) is 16.6 Å². The molecule has 2 aromatic carbocycles. The number of methoxy groups -OCH3 is 5. The van der Waals surface area contributed by atoms with Crippen molar-refractivity contribution in [2.75, 3.05) is 79.8 Å². The Bertz CT molecular complexity index is 1230. The third kappa shape index (κ3) is 6.85.